The maximum atomic E-state index is 12.7. The standard InChI is InChI=1S/C19H23N3O3S/c1-4-20-19(23)22-8-7-15-12-17(5-6-18(15)22)26(24,25)21-16-10-13(2)9-14(3)11-16/h5-6,9-12,21H,4,7-8H2,1-3H3,(H,20,23). The van der Waals surface area contributed by atoms with E-state index in [4.69, 9.17) is 0 Å². The van der Waals surface area contributed by atoms with Gasteiger partial charge in [-0.2, -0.15) is 0 Å². The summed E-state index contributed by atoms with van der Waals surface area (Å²) in [6.07, 6.45) is 0.638. The Morgan fingerprint density at radius 3 is 2.46 bits per heavy atom. The highest BCUT2D eigenvalue weighted by Crippen LogP contribution is 2.31. The lowest BCUT2D eigenvalue weighted by Crippen LogP contribution is -2.38. The van der Waals surface area contributed by atoms with Crippen LogP contribution in [-0.2, 0) is 16.4 Å². The molecule has 2 N–H and O–H groups in total. The minimum absolute atomic E-state index is 0.157. The topological polar surface area (TPSA) is 78.5 Å². The fourth-order valence-electron chi connectivity index (χ4n) is 3.25. The van der Waals surface area contributed by atoms with Gasteiger partial charge in [-0.3, -0.25) is 9.62 Å². The van der Waals surface area contributed by atoms with Crippen molar-refractivity contribution >= 4 is 27.4 Å². The Hall–Kier alpha value is -2.54. The van der Waals surface area contributed by atoms with Gasteiger partial charge in [0.2, 0.25) is 0 Å². The molecule has 6 nitrogen and oxygen atoms in total. The molecule has 0 saturated carbocycles. The van der Waals surface area contributed by atoms with Gasteiger partial charge >= 0.3 is 6.03 Å². The smallest absolute Gasteiger partial charge is 0.321 e. The Balaban J connectivity index is 1.87. The van der Waals surface area contributed by atoms with Crippen molar-refractivity contribution in [1.29, 1.82) is 0 Å². The van der Waals surface area contributed by atoms with Crippen molar-refractivity contribution in [2.75, 3.05) is 22.7 Å². The Morgan fingerprint density at radius 1 is 1.12 bits per heavy atom. The molecule has 0 radical (unpaired) electrons. The number of hydrogen-bond donors (Lipinski definition) is 2. The maximum absolute atomic E-state index is 12.7. The first-order chi connectivity index (χ1) is 12.3. The van der Waals surface area contributed by atoms with Crippen LogP contribution in [0.3, 0.4) is 0 Å². The highest BCUT2D eigenvalue weighted by molar-refractivity contribution is 7.92. The zero-order chi connectivity index (χ0) is 18.9. The monoisotopic (exact) mass is 373 g/mol. The van der Waals surface area contributed by atoms with Gasteiger partial charge in [0, 0.05) is 24.5 Å². The van der Waals surface area contributed by atoms with Crippen LogP contribution < -0.4 is 14.9 Å². The number of carbonyl (C=O) groups excluding carboxylic acids is 1. The van der Waals surface area contributed by atoms with Gasteiger partial charge in [-0.1, -0.05) is 6.07 Å². The number of sulfonamides is 1. The summed E-state index contributed by atoms with van der Waals surface area (Å²) in [4.78, 5) is 13.9. The third-order valence-electron chi connectivity index (χ3n) is 4.30. The van der Waals surface area contributed by atoms with Crippen LogP contribution >= 0.6 is 0 Å². The summed E-state index contributed by atoms with van der Waals surface area (Å²) < 4.78 is 28.1. The van der Waals surface area contributed by atoms with E-state index >= 15 is 0 Å². The second-order valence-electron chi connectivity index (χ2n) is 6.51. The van der Waals surface area contributed by atoms with Crippen molar-refractivity contribution in [2.45, 2.75) is 32.1 Å². The summed E-state index contributed by atoms with van der Waals surface area (Å²) >= 11 is 0. The van der Waals surface area contributed by atoms with Crippen molar-refractivity contribution < 1.29 is 13.2 Å². The average molecular weight is 373 g/mol. The molecular formula is C19H23N3O3S. The molecule has 2 aromatic rings. The number of urea groups is 1. The van der Waals surface area contributed by atoms with E-state index in [9.17, 15) is 13.2 Å². The van der Waals surface area contributed by atoms with Gasteiger partial charge < -0.3 is 5.32 Å². The molecule has 2 amide bonds. The van der Waals surface area contributed by atoms with E-state index in [1.807, 2.05) is 26.8 Å². The number of hydrogen-bond acceptors (Lipinski definition) is 3. The van der Waals surface area contributed by atoms with Crippen molar-refractivity contribution in [3.8, 4) is 0 Å². The second kappa shape index (κ2) is 6.99. The minimum atomic E-state index is -3.69. The Bertz CT molecular complexity index is 934. The molecule has 0 unspecified atom stereocenters. The summed E-state index contributed by atoms with van der Waals surface area (Å²) in [5, 5.41) is 2.77. The summed E-state index contributed by atoms with van der Waals surface area (Å²) in [5.41, 5.74) is 4.16. The third-order valence-corrected chi connectivity index (χ3v) is 5.68. The van der Waals surface area contributed by atoms with Gasteiger partial charge in [0.05, 0.1) is 4.90 Å². The quantitative estimate of drug-likeness (QED) is 0.864. The number of amides is 2. The molecule has 2 aromatic carbocycles. The molecule has 0 saturated heterocycles. The van der Waals surface area contributed by atoms with E-state index in [2.05, 4.69) is 10.0 Å². The van der Waals surface area contributed by atoms with Crippen molar-refractivity contribution in [3.05, 3.63) is 53.1 Å². The number of anilines is 2. The second-order valence-corrected chi connectivity index (χ2v) is 8.19. The first kappa shape index (κ1) is 18.3. The summed E-state index contributed by atoms with van der Waals surface area (Å²) in [7, 11) is -3.69. The van der Waals surface area contributed by atoms with Crippen LogP contribution in [0.2, 0.25) is 0 Å². The molecule has 3 rings (SSSR count). The Kier molecular flexibility index (Phi) is 4.91. The van der Waals surface area contributed by atoms with E-state index in [-0.39, 0.29) is 10.9 Å². The third kappa shape index (κ3) is 3.67. The molecule has 0 aliphatic carbocycles. The predicted molar refractivity (Wildman–Crippen MR) is 103 cm³/mol. The minimum Gasteiger partial charge on any atom is -0.338 e. The fraction of sp³-hybridized carbons (Fsp3) is 0.316. The van der Waals surface area contributed by atoms with Crippen LogP contribution in [0.5, 0.6) is 0 Å². The zero-order valence-electron chi connectivity index (χ0n) is 15.2. The number of carbonyl (C=O) groups is 1. The Morgan fingerprint density at radius 2 is 1.81 bits per heavy atom. The highest BCUT2D eigenvalue weighted by Gasteiger charge is 2.26. The molecule has 7 heteroatoms. The largest absolute Gasteiger partial charge is 0.338 e. The molecule has 0 spiro atoms. The van der Waals surface area contributed by atoms with Gasteiger partial charge in [0.15, 0.2) is 0 Å². The predicted octanol–water partition coefficient (Wildman–Crippen LogP) is 3.20. The molecule has 138 valence electrons. The zero-order valence-corrected chi connectivity index (χ0v) is 16.0. The highest BCUT2D eigenvalue weighted by atomic mass is 32.2. The molecule has 0 atom stereocenters. The molecule has 0 fully saturated rings. The van der Waals surface area contributed by atoms with E-state index in [0.29, 0.717) is 25.2 Å². The molecule has 1 aliphatic rings. The van der Waals surface area contributed by atoms with Crippen molar-refractivity contribution in [3.63, 3.8) is 0 Å². The first-order valence-electron chi connectivity index (χ1n) is 8.59. The molecule has 26 heavy (non-hydrogen) atoms. The lowest BCUT2D eigenvalue weighted by molar-refractivity contribution is 0.247. The van der Waals surface area contributed by atoms with E-state index < -0.39 is 10.0 Å². The number of fused-ring (bicyclic) bond motifs is 1. The summed E-state index contributed by atoms with van der Waals surface area (Å²) in [5.74, 6) is 0. The lowest BCUT2D eigenvalue weighted by Gasteiger charge is -2.17. The van der Waals surface area contributed by atoms with Gasteiger partial charge in [-0.25, -0.2) is 13.2 Å². The van der Waals surface area contributed by atoms with E-state index in [1.54, 1.807) is 35.2 Å². The number of benzene rings is 2. The van der Waals surface area contributed by atoms with Gasteiger partial charge in [-0.15, -0.1) is 0 Å². The van der Waals surface area contributed by atoms with Crippen LogP contribution in [0, 0.1) is 13.8 Å². The van der Waals surface area contributed by atoms with Crippen LogP contribution in [0.25, 0.3) is 0 Å². The number of nitrogens with one attached hydrogen (secondary N) is 2. The maximum Gasteiger partial charge on any atom is 0.321 e. The number of rotatable bonds is 4. The normalized spacial score (nSPS) is 13.4. The summed E-state index contributed by atoms with van der Waals surface area (Å²) in [6, 6.07) is 10.3. The number of aryl methyl sites for hydroxylation is 2. The molecule has 0 aromatic heterocycles. The molecule has 1 aliphatic heterocycles. The van der Waals surface area contributed by atoms with Crippen LogP contribution in [0.4, 0.5) is 16.2 Å². The van der Waals surface area contributed by atoms with Crippen molar-refractivity contribution in [1.82, 2.24) is 5.32 Å². The summed E-state index contributed by atoms with van der Waals surface area (Å²) in [6.45, 7) is 6.82. The molecule has 1 heterocycles. The van der Waals surface area contributed by atoms with Gasteiger partial charge in [-0.05, 0) is 74.2 Å². The van der Waals surface area contributed by atoms with Crippen LogP contribution in [0.15, 0.2) is 41.3 Å². The molecular weight excluding hydrogens is 350 g/mol. The average Bonchev–Trinajstić information content (AvgIpc) is 2.96. The van der Waals surface area contributed by atoms with Crippen LogP contribution in [-0.4, -0.2) is 27.5 Å². The fourth-order valence-corrected chi connectivity index (χ4v) is 4.34. The lowest BCUT2D eigenvalue weighted by atomic mass is 10.1. The van der Waals surface area contributed by atoms with Crippen LogP contribution in [0.1, 0.15) is 23.6 Å². The van der Waals surface area contributed by atoms with Crippen molar-refractivity contribution in [2.24, 2.45) is 0 Å². The molecule has 0 bridgehead atoms. The van der Waals surface area contributed by atoms with Gasteiger partial charge in [0.1, 0.15) is 0 Å². The van der Waals surface area contributed by atoms with E-state index in [0.717, 1.165) is 22.4 Å². The number of nitrogens with zero attached hydrogens (tertiary/aromatic N) is 1. The Labute approximate surface area is 154 Å². The first-order valence-corrected chi connectivity index (χ1v) is 10.1. The van der Waals surface area contributed by atoms with E-state index in [1.165, 1.54) is 0 Å². The van der Waals surface area contributed by atoms with Gasteiger partial charge in [0.25, 0.3) is 10.0 Å². The SMILES string of the molecule is CCNC(=O)N1CCc2cc(S(=O)(=O)Nc3cc(C)cc(C)c3)ccc21.